The van der Waals surface area contributed by atoms with Gasteiger partial charge in [0.2, 0.25) is 0 Å². The molecule has 0 unspecified atom stereocenters. The Bertz CT molecular complexity index is 2040. The first-order valence-electron chi connectivity index (χ1n) is 15.3. The monoisotopic (exact) mass is 569 g/mol. The first kappa shape index (κ1) is 26.0. The van der Waals surface area contributed by atoms with Crippen LogP contribution in [0, 0.1) is 0 Å². The highest BCUT2D eigenvalue weighted by Gasteiger charge is 2.49. The fraction of sp³-hybridized carbons (Fsp3) is 0.122. The third-order valence-corrected chi connectivity index (χ3v) is 15.5. The minimum absolute atomic E-state index is 0.0518. The van der Waals surface area contributed by atoms with Crippen molar-refractivity contribution in [3.63, 3.8) is 0 Å². The van der Waals surface area contributed by atoms with Gasteiger partial charge in [-0.05, 0) is 73.5 Å². The lowest BCUT2D eigenvalue weighted by Gasteiger charge is -2.44. The Morgan fingerprint density at radius 2 is 0.977 bits per heavy atom. The molecule has 1 aromatic heterocycles. The van der Waals surface area contributed by atoms with Crippen LogP contribution in [0.4, 0.5) is 0 Å². The van der Waals surface area contributed by atoms with Crippen molar-refractivity contribution in [3.8, 4) is 16.8 Å². The normalized spacial score (nSPS) is 12.9. The lowest BCUT2D eigenvalue weighted by atomic mass is 10.0. The van der Waals surface area contributed by atoms with Crippen LogP contribution in [-0.4, -0.2) is 12.6 Å². The largest absolute Gasteiger partial charge is 0.309 e. The standard InChI is InChI=1S/C41H35NSi/c1-41(2,3)43(32-14-6-4-7-15-32,33-16-8-5-9-17-33)34-25-23-30-26-29-22-24-31(27-37(29)38(30)28-34)42-39-20-12-10-18-35(39)36-19-11-13-21-40(36)42/h4-25,27-28H,26H2,1-3H3. The minimum Gasteiger partial charge on any atom is -0.309 e. The number of hydrogen-bond acceptors (Lipinski definition) is 0. The maximum absolute atomic E-state index is 2.56. The maximum Gasteiger partial charge on any atom is 0.153 e. The molecule has 2 heteroatoms. The van der Waals surface area contributed by atoms with E-state index in [0.717, 1.165) is 6.42 Å². The molecule has 0 fully saturated rings. The third-order valence-electron chi connectivity index (χ3n) is 9.68. The van der Waals surface area contributed by atoms with E-state index in [4.69, 9.17) is 0 Å². The summed E-state index contributed by atoms with van der Waals surface area (Å²) in [4.78, 5) is 0. The van der Waals surface area contributed by atoms with Gasteiger partial charge in [0.15, 0.2) is 8.07 Å². The van der Waals surface area contributed by atoms with Crippen molar-refractivity contribution in [2.45, 2.75) is 32.2 Å². The van der Waals surface area contributed by atoms with Crippen molar-refractivity contribution in [2.75, 3.05) is 0 Å². The van der Waals surface area contributed by atoms with Gasteiger partial charge in [-0.25, -0.2) is 0 Å². The van der Waals surface area contributed by atoms with Crippen LogP contribution in [0.5, 0.6) is 0 Å². The number of para-hydroxylation sites is 2. The fourth-order valence-electron chi connectivity index (χ4n) is 7.90. The van der Waals surface area contributed by atoms with Crippen molar-refractivity contribution in [3.05, 3.63) is 157 Å². The van der Waals surface area contributed by atoms with Crippen molar-refractivity contribution in [2.24, 2.45) is 0 Å². The molecule has 0 amide bonds. The summed E-state index contributed by atoms with van der Waals surface area (Å²) >= 11 is 0. The van der Waals surface area contributed by atoms with Gasteiger partial charge in [0.1, 0.15) is 0 Å². The quantitative estimate of drug-likeness (QED) is 0.148. The Labute approximate surface area is 255 Å². The summed E-state index contributed by atoms with van der Waals surface area (Å²) in [6.07, 6.45) is 0.985. The summed E-state index contributed by atoms with van der Waals surface area (Å²) in [5, 5.41) is 7.06. The van der Waals surface area contributed by atoms with Crippen LogP contribution in [0.2, 0.25) is 5.04 Å². The van der Waals surface area contributed by atoms with Crippen molar-refractivity contribution in [1.29, 1.82) is 0 Å². The van der Waals surface area contributed by atoms with E-state index in [9.17, 15) is 0 Å². The van der Waals surface area contributed by atoms with Crippen LogP contribution in [-0.2, 0) is 6.42 Å². The molecule has 6 aromatic carbocycles. The van der Waals surface area contributed by atoms with Gasteiger partial charge in [-0.2, -0.15) is 0 Å². The van der Waals surface area contributed by atoms with Gasteiger partial charge in [0.05, 0.1) is 11.0 Å². The highest BCUT2D eigenvalue weighted by atomic mass is 28.3. The first-order valence-corrected chi connectivity index (χ1v) is 17.3. The second kappa shape index (κ2) is 9.69. The zero-order chi connectivity index (χ0) is 29.2. The van der Waals surface area contributed by atoms with Crippen LogP contribution in [0.1, 0.15) is 31.9 Å². The van der Waals surface area contributed by atoms with Crippen LogP contribution < -0.4 is 15.6 Å². The molecule has 43 heavy (non-hydrogen) atoms. The highest BCUT2D eigenvalue weighted by molar-refractivity contribution is 7.13. The highest BCUT2D eigenvalue weighted by Crippen LogP contribution is 2.41. The lowest BCUT2D eigenvalue weighted by molar-refractivity contribution is 0.739. The molecular formula is C41H35NSi. The summed E-state index contributed by atoms with van der Waals surface area (Å²) in [5.41, 5.74) is 9.33. The first-order chi connectivity index (χ1) is 21.0. The number of aromatic nitrogens is 1. The van der Waals surface area contributed by atoms with Gasteiger partial charge in [0.25, 0.3) is 0 Å². The molecule has 1 aliphatic rings. The molecule has 208 valence electrons. The van der Waals surface area contributed by atoms with E-state index in [0.29, 0.717) is 0 Å². The molecule has 0 saturated carbocycles. The van der Waals surface area contributed by atoms with Crippen LogP contribution in [0.15, 0.2) is 146 Å². The smallest absolute Gasteiger partial charge is 0.153 e. The van der Waals surface area contributed by atoms with E-state index in [1.165, 1.54) is 65.3 Å². The fourth-order valence-corrected chi connectivity index (χ4v) is 13.6. The molecule has 1 heterocycles. The van der Waals surface area contributed by atoms with Crippen molar-refractivity contribution < 1.29 is 0 Å². The van der Waals surface area contributed by atoms with Crippen LogP contribution in [0.25, 0.3) is 38.6 Å². The molecular weight excluding hydrogens is 535 g/mol. The molecule has 1 nitrogen and oxygen atoms in total. The lowest BCUT2D eigenvalue weighted by Crippen LogP contribution is -2.72. The predicted molar refractivity (Wildman–Crippen MR) is 186 cm³/mol. The van der Waals surface area contributed by atoms with Crippen LogP contribution >= 0.6 is 0 Å². The Morgan fingerprint density at radius 1 is 0.488 bits per heavy atom. The van der Waals surface area contributed by atoms with Crippen LogP contribution in [0.3, 0.4) is 0 Å². The van der Waals surface area contributed by atoms with Gasteiger partial charge in [0, 0.05) is 16.5 Å². The Balaban J connectivity index is 1.36. The summed E-state index contributed by atoms with van der Waals surface area (Å²) in [7, 11) is -2.43. The van der Waals surface area contributed by atoms with E-state index in [-0.39, 0.29) is 5.04 Å². The molecule has 0 N–H and O–H groups in total. The van der Waals surface area contributed by atoms with E-state index < -0.39 is 8.07 Å². The van der Waals surface area contributed by atoms with Gasteiger partial charge in [-0.3, -0.25) is 0 Å². The number of rotatable bonds is 4. The second-order valence-corrected chi connectivity index (χ2v) is 17.7. The topological polar surface area (TPSA) is 4.93 Å². The summed E-state index contributed by atoms with van der Waals surface area (Å²) in [5.74, 6) is 0. The number of benzene rings is 6. The molecule has 8 rings (SSSR count). The van der Waals surface area contributed by atoms with Gasteiger partial charge >= 0.3 is 0 Å². The molecule has 0 bridgehead atoms. The Morgan fingerprint density at radius 3 is 1.53 bits per heavy atom. The van der Waals surface area contributed by atoms with E-state index >= 15 is 0 Å². The van der Waals surface area contributed by atoms with Crippen molar-refractivity contribution in [1.82, 2.24) is 4.57 Å². The average Bonchev–Trinajstić information content (AvgIpc) is 3.57. The molecule has 1 aliphatic carbocycles. The molecule has 7 aromatic rings. The zero-order valence-electron chi connectivity index (χ0n) is 25.0. The average molecular weight is 570 g/mol. The SMILES string of the molecule is CC(C)(C)[Si](c1ccccc1)(c1ccccc1)c1ccc2c(c1)-c1cc(-n3c4ccccc4c4ccccc43)ccc1C2. The third kappa shape index (κ3) is 3.83. The van der Waals surface area contributed by atoms with Gasteiger partial charge < -0.3 is 4.57 Å². The maximum atomic E-state index is 2.56. The van der Waals surface area contributed by atoms with Crippen molar-refractivity contribution >= 4 is 45.4 Å². The molecule has 0 atom stereocenters. The number of fused-ring (bicyclic) bond motifs is 6. The molecule has 0 spiro atoms. The van der Waals surface area contributed by atoms with Gasteiger partial charge in [-0.15, -0.1) is 0 Å². The Kier molecular flexibility index (Phi) is 5.86. The zero-order valence-corrected chi connectivity index (χ0v) is 26.0. The number of nitrogens with zero attached hydrogens (tertiary/aromatic N) is 1. The molecule has 0 radical (unpaired) electrons. The van der Waals surface area contributed by atoms with E-state index in [1.54, 1.807) is 0 Å². The van der Waals surface area contributed by atoms with Gasteiger partial charge in [-0.1, -0.05) is 142 Å². The Hall–Kier alpha value is -4.66. The summed E-state index contributed by atoms with van der Waals surface area (Å²) in [6, 6.07) is 54.7. The minimum atomic E-state index is -2.43. The second-order valence-electron chi connectivity index (χ2n) is 13.0. The van der Waals surface area contributed by atoms with E-state index in [1.807, 2.05) is 0 Å². The summed E-state index contributed by atoms with van der Waals surface area (Å²) in [6.45, 7) is 7.34. The molecule has 0 saturated heterocycles. The number of hydrogen-bond donors (Lipinski definition) is 0. The summed E-state index contributed by atoms with van der Waals surface area (Å²) < 4.78 is 2.44. The predicted octanol–water partition coefficient (Wildman–Crippen LogP) is 8.63. The molecule has 0 aliphatic heterocycles. The van der Waals surface area contributed by atoms with E-state index in [2.05, 4.69) is 171 Å².